The van der Waals surface area contributed by atoms with Crippen molar-refractivity contribution in [2.75, 3.05) is 32.8 Å². The topological polar surface area (TPSA) is 82.5 Å². The number of likely N-dealkylation sites (tertiary alicyclic amines) is 1. The maximum absolute atomic E-state index is 12.4. The van der Waals surface area contributed by atoms with Crippen molar-refractivity contribution < 1.29 is 24.5 Å². The summed E-state index contributed by atoms with van der Waals surface area (Å²) < 4.78 is 11.8. The minimum atomic E-state index is -0.922. The largest absolute Gasteiger partial charge is 0.444 e. The van der Waals surface area contributed by atoms with Crippen molar-refractivity contribution in [3.8, 4) is 0 Å². The Hall–Kier alpha value is -1.67. The van der Waals surface area contributed by atoms with Gasteiger partial charge in [-0.15, -0.1) is 0 Å². The molecular formula is C22H34N2O5. The van der Waals surface area contributed by atoms with E-state index in [0.717, 1.165) is 13.1 Å². The van der Waals surface area contributed by atoms with Gasteiger partial charge in [-0.3, -0.25) is 4.90 Å². The smallest absolute Gasteiger partial charge is 0.410 e. The summed E-state index contributed by atoms with van der Waals surface area (Å²) in [6.45, 7) is 8.42. The van der Waals surface area contributed by atoms with Crippen molar-refractivity contribution in [2.45, 2.75) is 63.6 Å². The van der Waals surface area contributed by atoms with Crippen molar-refractivity contribution in [1.29, 1.82) is 0 Å². The molecule has 0 bridgehead atoms. The van der Waals surface area contributed by atoms with E-state index in [9.17, 15) is 15.0 Å². The number of morpholine rings is 1. The second kappa shape index (κ2) is 9.00. The van der Waals surface area contributed by atoms with Gasteiger partial charge in [-0.1, -0.05) is 30.3 Å². The second-order valence-electron chi connectivity index (χ2n) is 9.21. The van der Waals surface area contributed by atoms with Crippen LogP contribution in [0.15, 0.2) is 30.3 Å². The van der Waals surface area contributed by atoms with Gasteiger partial charge in [0, 0.05) is 32.7 Å². The van der Waals surface area contributed by atoms with E-state index in [0.29, 0.717) is 32.5 Å². The summed E-state index contributed by atoms with van der Waals surface area (Å²) in [5, 5.41) is 19.7. The first-order valence-electron chi connectivity index (χ1n) is 10.4. The Bertz CT molecular complexity index is 668. The minimum absolute atomic E-state index is 0.295. The number of aliphatic hydroxyl groups is 2. The first-order chi connectivity index (χ1) is 13.7. The Balaban J connectivity index is 1.67. The number of ether oxygens (including phenoxy) is 2. The predicted molar refractivity (Wildman–Crippen MR) is 109 cm³/mol. The van der Waals surface area contributed by atoms with Crippen LogP contribution in [0.4, 0.5) is 4.79 Å². The molecule has 1 amide bonds. The van der Waals surface area contributed by atoms with Crippen LogP contribution in [-0.2, 0) is 16.0 Å². The van der Waals surface area contributed by atoms with Gasteiger partial charge in [-0.2, -0.15) is 0 Å². The molecule has 2 fully saturated rings. The number of rotatable bonds is 4. The average molecular weight is 407 g/mol. The summed E-state index contributed by atoms with van der Waals surface area (Å²) in [6, 6.07) is 10.2. The molecule has 2 saturated heterocycles. The van der Waals surface area contributed by atoms with Crippen LogP contribution in [0.5, 0.6) is 0 Å². The first-order valence-corrected chi connectivity index (χ1v) is 10.4. The zero-order chi connectivity index (χ0) is 21.1. The van der Waals surface area contributed by atoms with Crippen LogP contribution in [0.3, 0.4) is 0 Å². The summed E-state index contributed by atoms with van der Waals surface area (Å²) in [5.41, 5.74) is 0.246. The van der Waals surface area contributed by atoms with Crippen LogP contribution >= 0.6 is 0 Å². The van der Waals surface area contributed by atoms with Crippen molar-refractivity contribution >= 4 is 6.09 Å². The van der Waals surface area contributed by atoms with Crippen LogP contribution < -0.4 is 0 Å². The average Bonchev–Trinajstić information content (AvgIpc) is 2.67. The fourth-order valence-corrected chi connectivity index (χ4v) is 4.10. The molecule has 2 heterocycles. The van der Waals surface area contributed by atoms with Gasteiger partial charge in [0.15, 0.2) is 0 Å². The molecule has 2 N–H and O–H groups in total. The third-order valence-corrected chi connectivity index (χ3v) is 5.54. The SMILES string of the molecule is CC(C)(C)OC(=O)N1CCC2(CC1)CN(Cc1ccccc1)CC(C(O)CO)O2. The van der Waals surface area contributed by atoms with Gasteiger partial charge in [0.05, 0.1) is 18.3 Å². The first kappa shape index (κ1) is 22.0. The van der Waals surface area contributed by atoms with Crippen molar-refractivity contribution in [3.63, 3.8) is 0 Å². The van der Waals surface area contributed by atoms with Gasteiger partial charge in [0.25, 0.3) is 0 Å². The van der Waals surface area contributed by atoms with E-state index in [1.54, 1.807) is 4.90 Å². The highest BCUT2D eigenvalue weighted by atomic mass is 16.6. The highest BCUT2D eigenvalue weighted by Gasteiger charge is 2.45. The number of aliphatic hydroxyl groups excluding tert-OH is 2. The molecule has 29 heavy (non-hydrogen) atoms. The van der Waals surface area contributed by atoms with E-state index in [-0.39, 0.29) is 12.7 Å². The molecule has 2 unspecified atom stereocenters. The molecule has 1 aromatic carbocycles. The van der Waals surface area contributed by atoms with E-state index < -0.39 is 23.4 Å². The minimum Gasteiger partial charge on any atom is -0.444 e. The molecule has 2 atom stereocenters. The molecular weight excluding hydrogens is 372 g/mol. The highest BCUT2D eigenvalue weighted by molar-refractivity contribution is 5.68. The highest BCUT2D eigenvalue weighted by Crippen LogP contribution is 2.34. The Morgan fingerprint density at radius 2 is 1.93 bits per heavy atom. The van der Waals surface area contributed by atoms with Crippen molar-refractivity contribution in [2.24, 2.45) is 0 Å². The molecule has 1 aromatic rings. The zero-order valence-electron chi connectivity index (χ0n) is 17.7. The zero-order valence-corrected chi connectivity index (χ0v) is 17.7. The molecule has 7 nitrogen and oxygen atoms in total. The number of carbonyl (C=O) groups excluding carboxylic acids is 1. The monoisotopic (exact) mass is 406 g/mol. The number of carbonyl (C=O) groups is 1. The Labute approximate surface area is 173 Å². The van der Waals surface area contributed by atoms with E-state index in [1.165, 1.54) is 5.56 Å². The van der Waals surface area contributed by atoms with Gasteiger partial charge in [-0.05, 0) is 39.2 Å². The molecule has 1 spiro atoms. The molecule has 7 heteroatoms. The predicted octanol–water partition coefficient (Wildman–Crippen LogP) is 2.01. The van der Waals surface area contributed by atoms with Crippen LogP contribution in [0, 0.1) is 0 Å². The Morgan fingerprint density at radius 1 is 1.28 bits per heavy atom. The quantitative estimate of drug-likeness (QED) is 0.796. The molecule has 0 radical (unpaired) electrons. The number of hydrogen-bond acceptors (Lipinski definition) is 6. The lowest BCUT2D eigenvalue weighted by Crippen LogP contribution is -2.62. The standard InChI is InChI=1S/C22H34N2O5/c1-21(2,3)29-20(27)24-11-9-22(10-12-24)16-23(13-17-7-5-4-6-8-17)14-19(28-22)18(26)15-25/h4-8,18-19,25-26H,9-16H2,1-3H3. The maximum Gasteiger partial charge on any atom is 0.410 e. The van der Waals surface area contributed by atoms with Gasteiger partial charge in [0.1, 0.15) is 11.7 Å². The lowest BCUT2D eigenvalue weighted by molar-refractivity contribution is -0.206. The second-order valence-corrected chi connectivity index (χ2v) is 9.21. The normalized spacial score (nSPS) is 23.8. The number of amides is 1. The number of nitrogens with zero attached hydrogens (tertiary/aromatic N) is 2. The Kier molecular flexibility index (Phi) is 6.83. The molecule has 162 valence electrons. The third kappa shape index (κ3) is 5.92. The van der Waals surface area contributed by atoms with Crippen LogP contribution in [0.2, 0.25) is 0 Å². The molecule has 3 rings (SSSR count). The fourth-order valence-electron chi connectivity index (χ4n) is 4.10. The van der Waals surface area contributed by atoms with Crippen LogP contribution in [-0.4, -0.2) is 82.3 Å². The van der Waals surface area contributed by atoms with Crippen molar-refractivity contribution in [1.82, 2.24) is 9.80 Å². The van der Waals surface area contributed by atoms with Crippen molar-refractivity contribution in [3.05, 3.63) is 35.9 Å². The summed E-state index contributed by atoms with van der Waals surface area (Å²) in [7, 11) is 0. The van der Waals surface area contributed by atoms with Gasteiger partial charge < -0.3 is 24.6 Å². The van der Waals surface area contributed by atoms with E-state index in [1.807, 2.05) is 39.0 Å². The van der Waals surface area contributed by atoms with E-state index in [4.69, 9.17) is 9.47 Å². The third-order valence-electron chi connectivity index (χ3n) is 5.54. The van der Waals surface area contributed by atoms with Gasteiger partial charge in [0.2, 0.25) is 0 Å². The Morgan fingerprint density at radius 3 is 2.52 bits per heavy atom. The lowest BCUT2D eigenvalue weighted by Gasteiger charge is -2.50. The number of piperidine rings is 1. The number of hydrogen-bond donors (Lipinski definition) is 2. The number of benzene rings is 1. The molecule has 2 aliphatic rings. The van der Waals surface area contributed by atoms with Gasteiger partial charge >= 0.3 is 6.09 Å². The molecule has 0 aliphatic carbocycles. The van der Waals surface area contributed by atoms with Crippen LogP contribution in [0.1, 0.15) is 39.2 Å². The molecule has 2 aliphatic heterocycles. The van der Waals surface area contributed by atoms with Gasteiger partial charge in [-0.25, -0.2) is 4.79 Å². The molecule has 0 aromatic heterocycles. The fraction of sp³-hybridized carbons (Fsp3) is 0.682. The van der Waals surface area contributed by atoms with E-state index in [2.05, 4.69) is 17.0 Å². The lowest BCUT2D eigenvalue weighted by atomic mass is 9.88. The molecule has 0 saturated carbocycles. The summed E-state index contributed by atoms with van der Waals surface area (Å²) >= 11 is 0. The van der Waals surface area contributed by atoms with E-state index >= 15 is 0 Å². The summed E-state index contributed by atoms with van der Waals surface area (Å²) in [6.07, 6.45) is -0.325. The maximum atomic E-state index is 12.4. The summed E-state index contributed by atoms with van der Waals surface area (Å²) in [5.74, 6) is 0. The van der Waals surface area contributed by atoms with Crippen LogP contribution in [0.25, 0.3) is 0 Å². The summed E-state index contributed by atoms with van der Waals surface area (Å²) in [4.78, 5) is 16.4.